The molecule has 0 saturated carbocycles. The molecular weight excluding hydrogens is 290 g/mol. The highest BCUT2D eigenvalue weighted by atomic mass is 16.2. The molecule has 2 aliphatic rings. The monoisotopic (exact) mass is 311 g/mol. The second-order valence-corrected chi connectivity index (χ2v) is 6.53. The van der Waals surface area contributed by atoms with E-state index < -0.39 is 0 Å². The third-order valence-electron chi connectivity index (χ3n) is 5.01. The van der Waals surface area contributed by atoms with Crippen LogP contribution in [0.1, 0.15) is 36.2 Å². The van der Waals surface area contributed by atoms with E-state index in [1.807, 2.05) is 42.3 Å². The zero-order chi connectivity index (χ0) is 15.8. The number of rotatable bonds is 3. The molecule has 4 rings (SSSR count). The summed E-state index contributed by atoms with van der Waals surface area (Å²) >= 11 is 0. The van der Waals surface area contributed by atoms with E-state index in [0.29, 0.717) is 23.8 Å². The van der Waals surface area contributed by atoms with Gasteiger partial charge in [-0.3, -0.25) is 4.79 Å². The Kier molecular flexibility index (Phi) is 3.61. The summed E-state index contributed by atoms with van der Waals surface area (Å²) in [5.74, 6) is -0.0431. The summed E-state index contributed by atoms with van der Waals surface area (Å²) in [5, 5.41) is 12.2. The zero-order valence-electron chi connectivity index (χ0n) is 13.2. The van der Waals surface area contributed by atoms with Crippen LogP contribution in [0, 0.1) is 0 Å². The largest absolute Gasteiger partial charge is 0.337 e. The van der Waals surface area contributed by atoms with E-state index in [1.54, 1.807) is 6.20 Å². The fraction of sp³-hybridized carbons (Fsp3) is 0.471. The lowest BCUT2D eigenvalue weighted by Gasteiger charge is -2.35. The van der Waals surface area contributed by atoms with Crippen molar-refractivity contribution in [2.75, 3.05) is 7.05 Å². The number of amides is 1. The van der Waals surface area contributed by atoms with Gasteiger partial charge in [0.25, 0.3) is 5.91 Å². The molecule has 1 amide bonds. The molecule has 2 saturated heterocycles. The van der Waals surface area contributed by atoms with Crippen LogP contribution in [0.2, 0.25) is 0 Å². The van der Waals surface area contributed by atoms with Crippen molar-refractivity contribution >= 4 is 5.91 Å². The minimum absolute atomic E-state index is 0.0431. The molecule has 6 heteroatoms. The highest BCUT2D eigenvalue weighted by Crippen LogP contribution is 2.29. The second kappa shape index (κ2) is 5.77. The number of para-hydroxylation sites is 1. The second-order valence-electron chi connectivity index (χ2n) is 6.53. The Morgan fingerprint density at radius 2 is 1.91 bits per heavy atom. The van der Waals surface area contributed by atoms with E-state index in [1.165, 1.54) is 17.6 Å². The third kappa shape index (κ3) is 2.74. The topological polar surface area (TPSA) is 63.1 Å². The van der Waals surface area contributed by atoms with Gasteiger partial charge in [0, 0.05) is 25.2 Å². The molecule has 2 aromatic rings. The van der Waals surface area contributed by atoms with Gasteiger partial charge < -0.3 is 10.2 Å². The van der Waals surface area contributed by atoms with Crippen molar-refractivity contribution in [3.63, 3.8) is 0 Å². The molecule has 120 valence electrons. The Morgan fingerprint density at radius 3 is 2.61 bits per heavy atom. The van der Waals surface area contributed by atoms with Gasteiger partial charge >= 0.3 is 0 Å². The third-order valence-corrected chi connectivity index (χ3v) is 5.01. The van der Waals surface area contributed by atoms with Crippen LogP contribution in [0.5, 0.6) is 0 Å². The Morgan fingerprint density at radius 1 is 1.22 bits per heavy atom. The molecule has 6 nitrogen and oxygen atoms in total. The van der Waals surface area contributed by atoms with Crippen LogP contribution < -0.4 is 5.32 Å². The van der Waals surface area contributed by atoms with E-state index in [0.717, 1.165) is 18.5 Å². The number of fused-ring (bicyclic) bond motifs is 2. The van der Waals surface area contributed by atoms with Crippen molar-refractivity contribution < 1.29 is 4.79 Å². The standard InChI is InChI=1S/C17H21N5O/c1-21(15-9-12-7-8-13(10-15)19-12)17(23)16-11-18-22(20-16)14-5-3-2-4-6-14/h2-6,11-13,15,19H,7-10H2,1H3. The highest BCUT2D eigenvalue weighted by molar-refractivity contribution is 5.92. The molecule has 1 N–H and O–H groups in total. The van der Waals surface area contributed by atoms with Crippen LogP contribution in [-0.2, 0) is 0 Å². The van der Waals surface area contributed by atoms with Gasteiger partial charge in [-0.1, -0.05) is 18.2 Å². The van der Waals surface area contributed by atoms with Crippen LogP contribution in [0.4, 0.5) is 0 Å². The number of nitrogens with zero attached hydrogens (tertiary/aromatic N) is 4. The summed E-state index contributed by atoms with van der Waals surface area (Å²) in [6, 6.07) is 11.1. The van der Waals surface area contributed by atoms with Crippen molar-refractivity contribution in [2.24, 2.45) is 0 Å². The van der Waals surface area contributed by atoms with Crippen molar-refractivity contribution in [1.82, 2.24) is 25.2 Å². The van der Waals surface area contributed by atoms with Crippen LogP contribution in [0.3, 0.4) is 0 Å². The van der Waals surface area contributed by atoms with E-state index in [2.05, 4.69) is 15.5 Å². The van der Waals surface area contributed by atoms with E-state index in [9.17, 15) is 4.79 Å². The van der Waals surface area contributed by atoms with E-state index in [-0.39, 0.29) is 5.91 Å². The number of aromatic nitrogens is 3. The Balaban J connectivity index is 1.49. The molecule has 23 heavy (non-hydrogen) atoms. The molecular formula is C17H21N5O. The molecule has 2 bridgehead atoms. The fourth-order valence-corrected chi connectivity index (χ4v) is 3.74. The van der Waals surface area contributed by atoms with Gasteiger partial charge in [-0.05, 0) is 37.8 Å². The quantitative estimate of drug-likeness (QED) is 0.935. The van der Waals surface area contributed by atoms with Crippen LogP contribution in [0.25, 0.3) is 5.69 Å². The summed E-state index contributed by atoms with van der Waals surface area (Å²) < 4.78 is 0. The van der Waals surface area contributed by atoms with Crippen molar-refractivity contribution in [3.05, 3.63) is 42.2 Å². The normalized spacial score (nSPS) is 26.2. The summed E-state index contributed by atoms with van der Waals surface area (Å²) in [4.78, 5) is 16.1. The summed E-state index contributed by atoms with van der Waals surface area (Å²) in [6.45, 7) is 0. The van der Waals surface area contributed by atoms with Gasteiger partial charge in [0.05, 0.1) is 11.9 Å². The SMILES string of the molecule is CN(C(=O)c1cnn(-c2ccccc2)n1)C1CC2CCC(C1)N2. The Bertz CT molecular complexity index is 686. The average molecular weight is 311 g/mol. The highest BCUT2D eigenvalue weighted by Gasteiger charge is 2.36. The lowest BCUT2D eigenvalue weighted by Crippen LogP contribution is -2.48. The first kappa shape index (κ1) is 14.4. The molecule has 1 aromatic carbocycles. The summed E-state index contributed by atoms with van der Waals surface area (Å²) in [7, 11) is 1.89. The van der Waals surface area contributed by atoms with Gasteiger partial charge in [-0.2, -0.15) is 9.90 Å². The van der Waals surface area contributed by atoms with Gasteiger partial charge in [-0.25, -0.2) is 0 Å². The van der Waals surface area contributed by atoms with Crippen LogP contribution >= 0.6 is 0 Å². The number of hydrogen-bond acceptors (Lipinski definition) is 4. The van der Waals surface area contributed by atoms with Gasteiger partial charge in [0.2, 0.25) is 0 Å². The number of hydrogen-bond donors (Lipinski definition) is 1. The van der Waals surface area contributed by atoms with E-state index >= 15 is 0 Å². The Hall–Kier alpha value is -2.21. The average Bonchev–Trinajstić information content (AvgIpc) is 3.21. The molecule has 2 unspecified atom stereocenters. The number of piperidine rings is 1. The van der Waals surface area contributed by atoms with Crippen molar-refractivity contribution in [3.8, 4) is 5.69 Å². The molecule has 2 atom stereocenters. The first-order valence-corrected chi connectivity index (χ1v) is 8.21. The van der Waals surface area contributed by atoms with Gasteiger partial charge in [0.1, 0.15) is 0 Å². The number of carbonyl (C=O) groups is 1. The Labute approximate surface area is 135 Å². The van der Waals surface area contributed by atoms with Gasteiger partial charge in [0.15, 0.2) is 5.69 Å². The maximum absolute atomic E-state index is 12.7. The lowest BCUT2D eigenvalue weighted by atomic mass is 9.98. The number of carbonyl (C=O) groups excluding carboxylic acids is 1. The summed E-state index contributed by atoms with van der Waals surface area (Å²) in [5.41, 5.74) is 1.26. The molecule has 0 radical (unpaired) electrons. The molecule has 0 aliphatic carbocycles. The smallest absolute Gasteiger partial charge is 0.276 e. The molecule has 2 aliphatic heterocycles. The number of benzene rings is 1. The lowest BCUT2D eigenvalue weighted by molar-refractivity contribution is 0.0675. The summed E-state index contributed by atoms with van der Waals surface area (Å²) in [6.07, 6.45) is 6.08. The minimum atomic E-state index is -0.0431. The minimum Gasteiger partial charge on any atom is -0.337 e. The first-order chi connectivity index (χ1) is 11.2. The molecule has 0 spiro atoms. The fourth-order valence-electron chi connectivity index (χ4n) is 3.74. The molecule has 2 fully saturated rings. The first-order valence-electron chi connectivity index (χ1n) is 8.21. The zero-order valence-corrected chi connectivity index (χ0v) is 13.2. The van der Waals surface area contributed by atoms with Crippen LogP contribution in [0.15, 0.2) is 36.5 Å². The number of nitrogens with one attached hydrogen (secondary N) is 1. The van der Waals surface area contributed by atoms with E-state index in [4.69, 9.17) is 0 Å². The molecule has 1 aromatic heterocycles. The van der Waals surface area contributed by atoms with Crippen molar-refractivity contribution in [2.45, 2.75) is 43.8 Å². The van der Waals surface area contributed by atoms with Gasteiger partial charge in [-0.15, -0.1) is 5.10 Å². The van der Waals surface area contributed by atoms with Crippen molar-refractivity contribution in [1.29, 1.82) is 0 Å². The maximum Gasteiger partial charge on any atom is 0.276 e. The van der Waals surface area contributed by atoms with Crippen LogP contribution in [-0.4, -0.2) is 51.0 Å². The maximum atomic E-state index is 12.7. The predicted octanol–water partition coefficient (Wildman–Crippen LogP) is 1.62. The predicted molar refractivity (Wildman–Crippen MR) is 86.4 cm³/mol. The molecule has 3 heterocycles.